The summed E-state index contributed by atoms with van der Waals surface area (Å²) in [5.74, 6) is 0. The molecule has 2 heteroatoms. The van der Waals surface area contributed by atoms with Crippen LogP contribution in [0.3, 0.4) is 0 Å². The smallest absolute Gasteiger partial charge is 0.114 e. The minimum absolute atomic E-state index is 0.490. The summed E-state index contributed by atoms with van der Waals surface area (Å²) in [7, 11) is 0. The molecule has 0 radical (unpaired) electrons. The van der Waals surface area contributed by atoms with Gasteiger partial charge in [0.25, 0.3) is 0 Å². The van der Waals surface area contributed by atoms with E-state index in [1.807, 2.05) is 42.5 Å². The van der Waals surface area contributed by atoms with E-state index in [-0.39, 0.29) is 0 Å². The Bertz CT molecular complexity index is 390. The quantitative estimate of drug-likeness (QED) is 0.705. The van der Waals surface area contributed by atoms with Gasteiger partial charge in [0.1, 0.15) is 6.61 Å². The Morgan fingerprint density at radius 3 is 2.64 bits per heavy atom. The molecule has 1 aromatic rings. The third-order valence-electron chi connectivity index (χ3n) is 2.09. The molecule has 1 aromatic carbocycles. The lowest BCUT2D eigenvalue weighted by Crippen LogP contribution is -2.09. The fraction of sp³-hybridized carbons (Fsp3) is 0.0833. The normalized spacial score (nSPS) is 14.4. The molecular formula is C12H11NO. The third kappa shape index (κ3) is 1.74. The zero-order valence-electron chi connectivity index (χ0n) is 7.73. The fourth-order valence-electron chi connectivity index (χ4n) is 1.34. The number of ether oxygens (including phenoxy) is 1. The topological polar surface area (TPSA) is 33.1 Å². The van der Waals surface area contributed by atoms with Crippen molar-refractivity contribution in [3.05, 3.63) is 59.9 Å². The van der Waals surface area contributed by atoms with Gasteiger partial charge >= 0.3 is 0 Å². The second-order valence-electron chi connectivity index (χ2n) is 3.07. The Hall–Kier alpha value is -1.83. The Kier molecular flexibility index (Phi) is 2.45. The summed E-state index contributed by atoms with van der Waals surface area (Å²) in [6.45, 7) is 0.490. The van der Waals surface area contributed by atoms with Crippen LogP contribution in [-0.2, 0) is 4.74 Å². The number of hydrogen-bond acceptors (Lipinski definition) is 2. The maximum absolute atomic E-state index is 7.94. The Labute approximate surface area is 83.0 Å². The molecule has 70 valence electrons. The van der Waals surface area contributed by atoms with Crippen molar-refractivity contribution in [1.29, 1.82) is 5.41 Å². The van der Waals surface area contributed by atoms with Gasteiger partial charge in [0.05, 0.1) is 12.0 Å². The van der Waals surface area contributed by atoms with E-state index in [9.17, 15) is 0 Å². The van der Waals surface area contributed by atoms with E-state index in [4.69, 9.17) is 10.1 Å². The molecule has 0 saturated heterocycles. The van der Waals surface area contributed by atoms with Crippen molar-refractivity contribution >= 4 is 5.71 Å². The van der Waals surface area contributed by atoms with Gasteiger partial charge < -0.3 is 4.74 Å². The number of rotatable bonds is 2. The zero-order chi connectivity index (χ0) is 9.80. The fourth-order valence-corrected chi connectivity index (χ4v) is 1.34. The monoisotopic (exact) mass is 185 g/mol. The van der Waals surface area contributed by atoms with Crippen molar-refractivity contribution in [3.8, 4) is 0 Å². The molecule has 0 fully saturated rings. The second-order valence-corrected chi connectivity index (χ2v) is 3.07. The number of nitrogens with one attached hydrogen (secondary N) is 1. The van der Waals surface area contributed by atoms with Crippen LogP contribution >= 0.6 is 0 Å². The standard InChI is InChI=1S/C12H11NO/c13-12(10-5-2-1-3-6-10)11-7-4-8-14-9-11/h1-8,13H,9H2. The summed E-state index contributed by atoms with van der Waals surface area (Å²) in [6, 6.07) is 9.68. The van der Waals surface area contributed by atoms with E-state index in [2.05, 4.69) is 0 Å². The lowest BCUT2D eigenvalue weighted by molar-refractivity contribution is 0.281. The van der Waals surface area contributed by atoms with Crippen molar-refractivity contribution < 1.29 is 4.74 Å². The van der Waals surface area contributed by atoms with Crippen LogP contribution in [0.25, 0.3) is 0 Å². The first-order valence-corrected chi connectivity index (χ1v) is 4.49. The van der Waals surface area contributed by atoms with Crippen LogP contribution in [-0.4, -0.2) is 12.3 Å². The van der Waals surface area contributed by atoms with Gasteiger partial charge in [-0.2, -0.15) is 0 Å². The highest BCUT2D eigenvalue weighted by Crippen LogP contribution is 2.11. The largest absolute Gasteiger partial charge is 0.496 e. The van der Waals surface area contributed by atoms with Gasteiger partial charge in [0, 0.05) is 5.57 Å². The van der Waals surface area contributed by atoms with E-state index in [1.54, 1.807) is 6.26 Å². The molecule has 0 unspecified atom stereocenters. The van der Waals surface area contributed by atoms with Crippen LogP contribution in [0.1, 0.15) is 5.56 Å². The maximum atomic E-state index is 7.94. The van der Waals surface area contributed by atoms with Crippen LogP contribution in [0.5, 0.6) is 0 Å². The van der Waals surface area contributed by atoms with Crippen molar-refractivity contribution in [3.63, 3.8) is 0 Å². The molecule has 0 bridgehead atoms. The predicted molar refractivity (Wildman–Crippen MR) is 56.4 cm³/mol. The third-order valence-corrected chi connectivity index (χ3v) is 2.09. The first kappa shape index (κ1) is 8.75. The van der Waals surface area contributed by atoms with Crippen molar-refractivity contribution in [2.45, 2.75) is 0 Å². The molecule has 0 aromatic heterocycles. The van der Waals surface area contributed by atoms with Gasteiger partial charge in [-0.25, -0.2) is 0 Å². The summed E-state index contributed by atoms with van der Waals surface area (Å²) in [5.41, 5.74) is 2.38. The van der Waals surface area contributed by atoms with Crippen LogP contribution in [0.4, 0.5) is 0 Å². The molecule has 0 atom stereocenters. The minimum Gasteiger partial charge on any atom is -0.496 e. The molecule has 2 nitrogen and oxygen atoms in total. The van der Waals surface area contributed by atoms with Gasteiger partial charge in [-0.05, 0) is 11.6 Å². The molecule has 2 rings (SSSR count). The van der Waals surface area contributed by atoms with Gasteiger partial charge in [-0.3, -0.25) is 5.41 Å². The minimum atomic E-state index is 0.490. The summed E-state index contributed by atoms with van der Waals surface area (Å²) in [5, 5.41) is 7.94. The van der Waals surface area contributed by atoms with Gasteiger partial charge in [-0.15, -0.1) is 0 Å². The highest BCUT2D eigenvalue weighted by atomic mass is 16.5. The molecule has 0 aliphatic carbocycles. The average Bonchev–Trinajstić information content (AvgIpc) is 2.30. The first-order valence-electron chi connectivity index (χ1n) is 4.49. The Morgan fingerprint density at radius 1 is 1.21 bits per heavy atom. The van der Waals surface area contributed by atoms with Crippen molar-refractivity contribution in [2.75, 3.05) is 6.61 Å². The van der Waals surface area contributed by atoms with E-state index >= 15 is 0 Å². The van der Waals surface area contributed by atoms with Crippen LogP contribution < -0.4 is 0 Å². The predicted octanol–water partition coefficient (Wildman–Crippen LogP) is 2.52. The molecule has 14 heavy (non-hydrogen) atoms. The van der Waals surface area contributed by atoms with Crippen LogP contribution in [0, 0.1) is 5.41 Å². The lowest BCUT2D eigenvalue weighted by atomic mass is 10.0. The van der Waals surface area contributed by atoms with Gasteiger partial charge in [0.2, 0.25) is 0 Å². The molecule has 0 spiro atoms. The molecule has 1 heterocycles. The number of allylic oxidation sites excluding steroid dienone is 2. The molecule has 1 N–H and O–H groups in total. The Morgan fingerprint density at radius 2 is 2.00 bits per heavy atom. The summed E-state index contributed by atoms with van der Waals surface area (Å²) in [6.07, 6.45) is 5.37. The summed E-state index contributed by atoms with van der Waals surface area (Å²) < 4.78 is 5.14. The highest BCUT2D eigenvalue weighted by molar-refractivity contribution is 6.10. The first-order chi connectivity index (χ1) is 6.88. The van der Waals surface area contributed by atoms with Crippen molar-refractivity contribution in [1.82, 2.24) is 0 Å². The van der Waals surface area contributed by atoms with Crippen LogP contribution in [0.15, 0.2) is 54.3 Å². The van der Waals surface area contributed by atoms with Gasteiger partial charge in [-0.1, -0.05) is 36.4 Å². The van der Waals surface area contributed by atoms with E-state index in [0.717, 1.165) is 11.1 Å². The van der Waals surface area contributed by atoms with E-state index in [0.29, 0.717) is 12.3 Å². The van der Waals surface area contributed by atoms with Crippen LogP contribution in [0.2, 0.25) is 0 Å². The zero-order valence-corrected chi connectivity index (χ0v) is 7.73. The molecule has 0 saturated carbocycles. The SMILES string of the molecule is N=C(C1=CC=COC1)c1ccccc1. The van der Waals surface area contributed by atoms with Crippen molar-refractivity contribution in [2.24, 2.45) is 0 Å². The summed E-state index contributed by atoms with van der Waals surface area (Å²) >= 11 is 0. The molecular weight excluding hydrogens is 174 g/mol. The lowest BCUT2D eigenvalue weighted by Gasteiger charge is -2.11. The highest BCUT2D eigenvalue weighted by Gasteiger charge is 2.08. The number of benzene rings is 1. The molecule has 1 aliphatic heterocycles. The maximum Gasteiger partial charge on any atom is 0.114 e. The number of hydrogen-bond donors (Lipinski definition) is 1. The molecule has 1 aliphatic rings. The average molecular weight is 185 g/mol. The second kappa shape index (κ2) is 3.92. The van der Waals surface area contributed by atoms with E-state index < -0.39 is 0 Å². The van der Waals surface area contributed by atoms with Gasteiger partial charge in [0.15, 0.2) is 0 Å². The molecule has 0 amide bonds. The summed E-state index contributed by atoms with van der Waals surface area (Å²) in [4.78, 5) is 0. The van der Waals surface area contributed by atoms with E-state index in [1.165, 1.54) is 0 Å². The Balaban J connectivity index is 2.24.